The van der Waals surface area contributed by atoms with Crippen molar-refractivity contribution >= 4 is 18.3 Å². The van der Waals surface area contributed by atoms with Gasteiger partial charge in [0.1, 0.15) is 0 Å². The Morgan fingerprint density at radius 2 is 1.05 bits per heavy atom. The summed E-state index contributed by atoms with van der Waals surface area (Å²) in [4.78, 5) is 0. The van der Waals surface area contributed by atoms with Crippen LogP contribution in [-0.2, 0) is 9.05 Å². The molecule has 0 bridgehead atoms. The fourth-order valence-electron chi connectivity index (χ4n) is 2.26. The zero-order valence-electron chi connectivity index (χ0n) is 11.5. The van der Waals surface area contributed by atoms with Crippen LogP contribution in [0, 0.1) is 0 Å². The molecule has 3 heteroatoms. The van der Waals surface area contributed by atoms with Crippen LogP contribution >= 0.6 is 7.72 Å². The molecule has 2 rings (SSSR count). The summed E-state index contributed by atoms with van der Waals surface area (Å²) in [5.41, 5.74) is 0. The fraction of sp³-hybridized carbons (Fsp3) is 0.250. The second-order valence-electron chi connectivity index (χ2n) is 4.21. The van der Waals surface area contributed by atoms with Gasteiger partial charge in [-0.1, -0.05) is 0 Å². The van der Waals surface area contributed by atoms with Gasteiger partial charge in [-0.15, -0.1) is 0 Å². The molecule has 0 aromatic heterocycles. The van der Waals surface area contributed by atoms with Gasteiger partial charge in [0.25, 0.3) is 0 Å². The molecule has 19 heavy (non-hydrogen) atoms. The Labute approximate surface area is 115 Å². The molecule has 102 valence electrons. The Kier molecular flexibility index (Phi) is 5.09. The van der Waals surface area contributed by atoms with Crippen LogP contribution in [0.5, 0.6) is 0 Å². The van der Waals surface area contributed by atoms with Gasteiger partial charge in [0, 0.05) is 0 Å². The van der Waals surface area contributed by atoms with Gasteiger partial charge in [-0.2, -0.15) is 0 Å². The Morgan fingerprint density at radius 3 is 1.37 bits per heavy atom. The second kappa shape index (κ2) is 6.81. The third-order valence-corrected chi connectivity index (χ3v) is 6.58. The van der Waals surface area contributed by atoms with Crippen LogP contribution in [0.4, 0.5) is 0 Å². The first-order valence-corrected chi connectivity index (χ1v) is 8.54. The van der Waals surface area contributed by atoms with Gasteiger partial charge in [0.2, 0.25) is 0 Å². The molecule has 0 aliphatic carbocycles. The van der Waals surface area contributed by atoms with Crippen LogP contribution in [-0.4, -0.2) is 13.2 Å². The van der Waals surface area contributed by atoms with Crippen LogP contribution in [0.2, 0.25) is 0 Å². The quantitative estimate of drug-likeness (QED) is 0.754. The summed E-state index contributed by atoms with van der Waals surface area (Å²) in [6.45, 7) is 5.34. The maximum atomic E-state index is 6.16. The van der Waals surface area contributed by atoms with E-state index in [1.807, 2.05) is 50.2 Å². The third kappa shape index (κ3) is 3.03. The molecule has 0 unspecified atom stereocenters. The Hall–Kier alpha value is -1.21. The summed E-state index contributed by atoms with van der Waals surface area (Å²) in [6, 6.07) is 20.6. The molecule has 0 saturated carbocycles. The van der Waals surface area contributed by atoms with E-state index in [-0.39, 0.29) is 0 Å². The molecule has 0 atom stereocenters. The molecular formula is C16H21O2P. The normalized spacial score (nSPS) is 12.3. The Bertz CT molecular complexity index is 437. The van der Waals surface area contributed by atoms with Gasteiger partial charge in [0.05, 0.1) is 0 Å². The number of hydrogen-bond donors (Lipinski definition) is 0. The zero-order chi connectivity index (χ0) is 13.6. The average molecular weight is 276 g/mol. The molecule has 0 saturated heterocycles. The first kappa shape index (κ1) is 14.2. The molecule has 0 heterocycles. The van der Waals surface area contributed by atoms with E-state index in [4.69, 9.17) is 9.05 Å². The second-order valence-corrected chi connectivity index (χ2v) is 7.18. The summed E-state index contributed by atoms with van der Waals surface area (Å²) >= 11 is 0. The van der Waals surface area contributed by atoms with Crippen LogP contribution in [0.25, 0.3) is 0 Å². The number of rotatable bonds is 6. The summed E-state index contributed by atoms with van der Waals surface area (Å²) in [7, 11) is -2.55. The summed E-state index contributed by atoms with van der Waals surface area (Å²) in [5, 5.41) is 2.31. The van der Waals surface area contributed by atoms with E-state index in [0.717, 1.165) is 10.6 Å². The minimum absolute atomic E-state index is 0.649. The van der Waals surface area contributed by atoms with Crippen LogP contribution in [0.15, 0.2) is 60.7 Å². The van der Waals surface area contributed by atoms with E-state index in [1.54, 1.807) is 0 Å². The van der Waals surface area contributed by atoms with E-state index in [1.165, 1.54) is 0 Å². The van der Waals surface area contributed by atoms with Crippen molar-refractivity contribution in [2.24, 2.45) is 0 Å². The monoisotopic (exact) mass is 276 g/mol. The van der Waals surface area contributed by atoms with Crippen molar-refractivity contribution in [3.8, 4) is 0 Å². The Morgan fingerprint density at radius 1 is 0.684 bits per heavy atom. The Balaban J connectivity index is 2.54. The standard InChI is InChI=1S/C16H21O2P/c1-3-17-19(18-4-2,15-11-7-5-8-12-15)16-13-9-6-10-14-16/h5-14,19H,3-4H2,1-2H3. The van der Waals surface area contributed by atoms with Crippen LogP contribution in [0.3, 0.4) is 0 Å². The minimum atomic E-state index is -2.55. The summed E-state index contributed by atoms with van der Waals surface area (Å²) < 4.78 is 12.3. The van der Waals surface area contributed by atoms with Crippen molar-refractivity contribution in [2.45, 2.75) is 13.8 Å². The maximum absolute atomic E-state index is 6.16. The fourth-order valence-corrected chi connectivity index (χ4v) is 5.42. The van der Waals surface area contributed by atoms with Crippen molar-refractivity contribution < 1.29 is 9.05 Å². The molecule has 2 nitrogen and oxygen atoms in total. The van der Waals surface area contributed by atoms with Crippen LogP contribution in [0.1, 0.15) is 13.8 Å². The molecular weight excluding hydrogens is 255 g/mol. The molecule has 0 fully saturated rings. The van der Waals surface area contributed by atoms with Gasteiger partial charge in [-0.3, -0.25) is 0 Å². The molecule has 0 N–H and O–H groups in total. The van der Waals surface area contributed by atoms with Gasteiger partial charge in [-0.25, -0.2) is 0 Å². The van der Waals surface area contributed by atoms with E-state index in [0.29, 0.717) is 13.2 Å². The predicted molar refractivity (Wildman–Crippen MR) is 83.7 cm³/mol. The van der Waals surface area contributed by atoms with E-state index < -0.39 is 7.72 Å². The van der Waals surface area contributed by atoms with Gasteiger partial charge < -0.3 is 0 Å². The molecule has 0 radical (unpaired) electrons. The third-order valence-electron chi connectivity index (χ3n) is 3.00. The molecule has 2 aromatic rings. The van der Waals surface area contributed by atoms with Crippen molar-refractivity contribution in [2.75, 3.05) is 13.2 Å². The predicted octanol–water partition coefficient (Wildman–Crippen LogP) is 3.29. The van der Waals surface area contributed by atoms with Crippen molar-refractivity contribution in [3.63, 3.8) is 0 Å². The van der Waals surface area contributed by atoms with E-state index >= 15 is 0 Å². The van der Waals surface area contributed by atoms with Crippen molar-refractivity contribution in [1.82, 2.24) is 0 Å². The molecule has 0 aliphatic heterocycles. The zero-order valence-corrected chi connectivity index (χ0v) is 12.5. The topological polar surface area (TPSA) is 18.5 Å². The SMILES string of the molecule is CCO[PH](OCC)(c1ccccc1)c1ccccc1. The van der Waals surface area contributed by atoms with Crippen molar-refractivity contribution in [3.05, 3.63) is 60.7 Å². The summed E-state index contributed by atoms with van der Waals surface area (Å²) in [6.07, 6.45) is 0. The molecule has 0 spiro atoms. The first-order valence-electron chi connectivity index (χ1n) is 6.72. The van der Waals surface area contributed by atoms with Gasteiger partial charge in [-0.05, 0) is 0 Å². The molecule has 0 amide bonds. The molecule has 2 aromatic carbocycles. The van der Waals surface area contributed by atoms with Crippen LogP contribution < -0.4 is 10.6 Å². The number of hydrogen-bond acceptors (Lipinski definition) is 2. The summed E-state index contributed by atoms with van der Waals surface area (Å²) in [5.74, 6) is 0. The van der Waals surface area contributed by atoms with Gasteiger partial charge in [0.15, 0.2) is 0 Å². The average Bonchev–Trinajstić information content (AvgIpc) is 2.49. The molecule has 0 aliphatic rings. The van der Waals surface area contributed by atoms with Gasteiger partial charge >= 0.3 is 115 Å². The first-order chi connectivity index (χ1) is 9.33. The van der Waals surface area contributed by atoms with E-state index in [2.05, 4.69) is 24.3 Å². The van der Waals surface area contributed by atoms with Crippen molar-refractivity contribution in [1.29, 1.82) is 0 Å². The van der Waals surface area contributed by atoms with E-state index in [9.17, 15) is 0 Å². The number of benzene rings is 2.